The van der Waals surface area contributed by atoms with Crippen LogP contribution in [0.4, 0.5) is 0 Å². The molecule has 0 aromatic carbocycles. The molecular weight excluding hydrogens is 270 g/mol. The second-order valence-corrected chi connectivity index (χ2v) is 5.94. The number of rotatable bonds is 5. The molecule has 6 nitrogen and oxygen atoms in total. The third-order valence-corrected chi connectivity index (χ3v) is 4.44. The molecule has 2 unspecified atom stereocenters. The quantitative estimate of drug-likeness (QED) is 0.780. The van der Waals surface area contributed by atoms with Gasteiger partial charge in [0.25, 0.3) is 0 Å². The van der Waals surface area contributed by atoms with Gasteiger partial charge < -0.3 is 9.47 Å². The molecule has 1 heterocycles. The van der Waals surface area contributed by atoms with Crippen LogP contribution in [-0.2, 0) is 9.47 Å². The molecule has 2 atom stereocenters. The molecule has 0 radical (unpaired) electrons. The second kappa shape index (κ2) is 6.13. The van der Waals surface area contributed by atoms with Crippen molar-refractivity contribution in [3.63, 3.8) is 0 Å². The fourth-order valence-corrected chi connectivity index (χ4v) is 3.21. The van der Waals surface area contributed by atoms with Gasteiger partial charge in [-0.3, -0.25) is 0 Å². The minimum Gasteiger partial charge on any atom is -0.461 e. The summed E-state index contributed by atoms with van der Waals surface area (Å²) in [5.41, 5.74) is 1.40. The number of methoxy groups -OCH3 is 1. The van der Waals surface area contributed by atoms with Gasteiger partial charge >= 0.3 is 5.97 Å². The van der Waals surface area contributed by atoms with Crippen molar-refractivity contribution in [2.45, 2.75) is 63.5 Å². The van der Waals surface area contributed by atoms with Gasteiger partial charge in [-0.2, -0.15) is 0 Å². The first-order valence-electron chi connectivity index (χ1n) is 7.89. The van der Waals surface area contributed by atoms with Gasteiger partial charge in [-0.25, -0.2) is 9.48 Å². The van der Waals surface area contributed by atoms with Crippen LogP contribution in [0.2, 0.25) is 0 Å². The maximum Gasteiger partial charge on any atom is 0.360 e. The largest absolute Gasteiger partial charge is 0.461 e. The molecule has 0 aliphatic heterocycles. The number of hydrogen-bond acceptors (Lipinski definition) is 5. The zero-order valence-corrected chi connectivity index (χ0v) is 12.7. The summed E-state index contributed by atoms with van der Waals surface area (Å²) in [6.45, 7) is 2.18. The van der Waals surface area contributed by atoms with Gasteiger partial charge in [0, 0.05) is 13.0 Å². The molecule has 0 N–H and O–H groups in total. The van der Waals surface area contributed by atoms with Crippen LogP contribution in [0.15, 0.2) is 0 Å². The van der Waals surface area contributed by atoms with Crippen molar-refractivity contribution in [3.05, 3.63) is 11.4 Å². The van der Waals surface area contributed by atoms with Crippen molar-refractivity contribution in [2.75, 3.05) is 13.7 Å². The van der Waals surface area contributed by atoms with Crippen LogP contribution in [0.25, 0.3) is 0 Å². The highest BCUT2D eigenvalue weighted by Crippen LogP contribution is 2.43. The Labute approximate surface area is 124 Å². The standard InChI is InChI=1S/C15H23N3O3/c1-3-21-15(19)13-14(10-7-8-10)18(17-16-13)11-5-4-6-12(9-11)20-2/h10-12H,3-9H2,1-2H3. The van der Waals surface area contributed by atoms with E-state index in [-0.39, 0.29) is 18.1 Å². The van der Waals surface area contributed by atoms with Crippen LogP contribution in [0.3, 0.4) is 0 Å². The Morgan fingerprint density at radius 2 is 2.14 bits per heavy atom. The molecule has 3 rings (SSSR count). The molecule has 116 valence electrons. The van der Waals surface area contributed by atoms with Crippen LogP contribution >= 0.6 is 0 Å². The molecule has 6 heteroatoms. The maximum atomic E-state index is 12.1. The molecule has 1 aromatic heterocycles. The number of aromatic nitrogens is 3. The van der Waals surface area contributed by atoms with Gasteiger partial charge in [-0.1, -0.05) is 5.21 Å². The molecule has 0 spiro atoms. The number of carbonyl (C=O) groups is 1. The molecule has 0 saturated heterocycles. The monoisotopic (exact) mass is 293 g/mol. The fourth-order valence-electron chi connectivity index (χ4n) is 3.21. The molecule has 21 heavy (non-hydrogen) atoms. The summed E-state index contributed by atoms with van der Waals surface area (Å²) in [5.74, 6) is 0.0760. The molecule has 2 aliphatic carbocycles. The SMILES string of the molecule is CCOC(=O)c1nnn(C2CCCC(OC)C2)c1C1CC1. The number of hydrogen-bond donors (Lipinski definition) is 0. The summed E-state index contributed by atoms with van der Waals surface area (Å²) in [4.78, 5) is 12.1. The summed E-state index contributed by atoms with van der Waals surface area (Å²) < 4.78 is 12.6. The number of ether oxygens (including phenoxy) is 2. The lowest BCUT2D eigenvalue weighted by atomic mass is 9.92. The van der Waals surface area contributed by atoms with Crippen molar-refractivity contribution in [1.82, 2.24) is 15.0 Å². The number of esters is 1. The highest BCUT2D eigenvalue weighted by molar-refractivity contribution is 5.88. The third-order valence-electron chi connectivity index (χ3n) is 4.44. The Bertz CT molecular complexity index is 510. The van der Waals surface area contributed by atoms with Crippen LogP contribution < -0.4 is 0 Å². The maximum absolute atomic E-state index is 12.1. The Hall–Kier alpha value is -1.43. The van der Waals surface area contributed by atoms with E-state index in [0.717, 1.165) is 44.2 Å². The van der Waals surface area contributed by atoms with Crippen molar-refractivity contribution in [1.29, 1.82) is 0 Å². The topological polar surface area (TPSA) is 66.2 Å². The molecule has 0 amide bonds. The summed E-state index contributed by atoms with van der Waals surface area (Å²) in [7, 11) is 1.76. The van der Waals surface area contributed by atoms with Gasteiger partial charge in [-0.05, 0) is 45.4 Å². The number of carbonyl (C=O) groups excluding carboxylic acids is 1. The Morgan fingerprint density at radius 1 is 1.33 bits per heavy atom. The van der Waals surface area contributed by atoms with Crippen molar-refractivity contribution < 1.29 is 14.3 Å². The minimum atomic E-state index is -0.343. The molecule has 2 saturated carbocycles. The van der Waals surface area contributed by atoms with Crippen LogP contribution in [0.1, 0.15) is 73.6 Å². The molecule has 0 bridgehead atoms. The van der Waals surface area contributed by atoms with E-state index >= 15 is 0 Å². The molecule has 1 aromatic rings. The van der Waals surface area contributed by atoms with E-state index in [2.05, 4.69) is 10.3 Å². The predicted octanol–water partition coefficient (Wildman–Crippen LogP) is 2.46. The smallest absolute Gasteiger partial charge is 0.360 e. The van der Waals surface area contributed by atoms with Gasteiger partial charge in [0.1, 0.15) is 0 Å². The third kappa shape index (κ3) is 2.95. The first-order chi connectivity index (χ1) is 10.2. The normalized spacial score (nSPS) is 25.8. The average Bonchev–Trinajstić information content (AvgIpc) is 3.25. The average molecular weight is 293 g/mol. The Kier molecular flexibility index (Phi) is 4.24. The van der Waals surface area contributed by atoms with Gasteiger partial charge in [-0.15, -0.1) is 5.10 Å². The van der Waals surface area contributed by atoms with Gasteiger partial charge in [0.05, 0.1) is 24.4 Å². The van der Waals surface area contributed by atoms with E-state index < -0.39 is 0 Å². The highest BCUT2D eigenvalue weighted by Gasteiger charge is 2.37. The number of nitrogens with zero attached hydrogens (tertiary/aromatic N) is 3. The zero-order valence-electron chi connectivity index (χ0n) is 12.7. The van der Waals surface area contributed by atoms with E-state index in [1.54, 1.807) is 7.11 Å². The fraction of sp³-hybridized carbons (Fsp3) is 0.800. The first-order valence-corrected chi connectivity index (χ1v) is 7.89. The van der Waals surface area contributed by atoms with E-state index in [4.69, 9.17) is 9.47 Å². The van der Waals surface area contributed by atoms with Gasteiger partial charge in [0.2, 0.25) is 0 Å². The lowest BCUT2D eigenvalue weighted by molar-refractivity contribution is 0.0497. The zero-order chi connectivity index (χ0) is 14.8. The predicted molar refractivity (Wildman–Crippen MR) is 76.3 cm³/mol. The molecular formula is C15H23N3O3. The van der Waals surface area contributed by atoms with E-state index in [0.29, 0.717) is 18.2 Å². The van der Waals surface area contributed by atoms with Crippen LogP contribution in [0.5, 0.6) is 0 Å². The summed E-state index contributed by atoms with van der Waals surface area (Å²) >= 11 is 0. The van der Waals surface area contributed by atoms with Crippen molar-refractivity contribution in [3.8, 4) is 0 Å². The second-order valence-electron chi connectivity index (χ2n) is 5.94. The summed E-state index contributed by atoms with van der Waals surface area (Å²) in [6, 6.07) is 0.287. The Morgan fingerprint density at radius 3 is 2.81 bits per heavy atom. The first kappa shape index (κ1) is 14.5. The van der Waals surface area contributed by atoms with E-state index in [1.165, 1.54) is 0 Å². The molecule has 2 aliphatic rings. The minimum absolute atomic E-state index is 0.283. The highest BCUT2D eigenvalue weighted by atomic mass is 16.5. The Balaban J connectivity index is 1.86. The lowest BCUT2D eigenvalue weighted by Crippen LogP contribution is -2.26. The van der Waals surface area contributed by atoms with Crippen molar-refractivity contribution >= 4 is 5.97 Å². The van der Waals surface area contributed by atoms with E-state index in [1.807, 2.05) is 11.6 Å². The van der Waals surface area contributed by atoms with Crippen LogP contribution in [0, 0.1) is 0 Å². The van der Waals surface area contributed by atoms with Crippen LogP contribution in [-0.4, -0.2) is 40.8 Å². The summed E-state index contributed by atoms with van der Waals surface area (Å²) in [5, 5.41) is 8.40. The van der Waals surface area contributed by atoms with E-state index in [9.17, 15) is 4.79 Å². The molecule has 2 fully saturated rings. The summed E-state index contributed by atoms with van der Waals surface area (Å²) in [6.07, 6.45) is 6.76. The lowest BCUT2D eigenvalue weighted by Gasteiger charge is -2.29. The van der Waals surface area contributed by atoms with Gasteiger partial charge in [0.15, 0.2) is 5.69 Å². The van der Waals surface area contributed by atoms with Crippen molar-refractivity contribution in [2.24, 2.45) is 0 Å².